The summed E-state index contributed by atoms with van der Waals surface area (Å²) in [5.41, 5.74) is 1.50. The van der Waals surface area contributed by atoms with E-state index in [4.69, 9.17) is 21.7 Å². The minimum atomic E-state index is -0.268. The van der Waals surface area contributed by atoms with Crippen molar-refractivity contribution in [2.24, 2.45) is 0 Å². The average molecular weight is 441 g/mol. The SMILES string of the molecule is C=CCN1C(=O)/C(=C/c2ccc(OCC(=O)Nc3ccc(OC)cc3)cc2)SC1=S. The summed E-state index contributed by atoms with van der Waals surface area (Å²) in [6.07, 6.45) is 3.42. The van der Waals surface area contributed by atoms with Crippen LogP contribution in [0.4, 0.5) is 5.69 Å². The number of benzene rings is 2. The lowest BCUT2D eigenvalue weighted by molar-refractivity contribution is -0.121. The predicted molar refractivity (Wildman–Crippen MR) is 124 cm³/mol. The van der Waals surface area contributed by atoms with Crippen LogP contribution in [0.2, 0.25) is 0 Å². The zero-order valence-corrected chi connectivity index (χ0v) is 17.9. The summed E-state index contributed by atoms with van der Waals surface area (Å²) in [4.78, 5) is 26.5. The summed E-state index contributed by atoms with van der Waals surface area (Å²) < 4.78 is 11.1. The number of anilines is 1. The first-order valence-corrected chi connectivity index (χ1v) is 10.3. The van der Waals surface area contributed by atoms with Gasteiger partial charge in [-0.1, -0.05) is 42.2 Å². The monoisotopic (exact) mass is 440 g/mol. The molecule has 3 rings (SSSR count). The second-order valence-corrected chi connectivity index (χ2v) is 7.89. The van der Waals surface area contributed by atoms with Gasteiger partial charge in [-0.3, -0.25) is 14.5 Å². The molecule has 30 heavy (non-hydrogen) atoms. The average Bonchev–Trinajstić information content (AvgIpc) is 3.01. The van der Waals surface area contributed by atoms with Gasteiger partial charge in [-0.05, 0) is 48.0 Å². The van der Waals surface area contributed by atoms with E-state index in [2.05, 4.69) is 11.9 Å². The second kappa shape index (κ2) is 10.1. The van der Waals surface area contributed by atoms with Gasteiger partial charge in [-0.2, -0.15) is 0 Å². The number of carbonyl (C=O) groups is 2. The number of ether oxygens (including phenoxy) is 2. The molecule has 0 atom stereocenters. The van der Waals surface area contributed by atoms with Crippen LogP contribution in [0.25, 0.3) is 6.08 Å². The Morgan fingerprint density at radius 1 is 1.17 bits per heavy atom. The van der Waals surface area contributed by atoms with E-state index in [9.17, 15) is 9.59 Å². The van der Waals surface area contributed by atoms with Crippen molar-refractivity contribution in [3.05, 3.63) is 71.7 Å². The Kier molecular flexibility index (Phi) is 7.26. The molecule has 0 saturated carbocycles. The molecule has 0 aromatic heterocycles. The van der Waals surface area contributed by atoms with E-state index in [-0.39, 0.29) is 18.4 Å². The fraction of sp³-hybridized carbons (Fsp3) is 0.136. The first kappa shape index (κ1) is 21.6. The topological polar surface area (TPSA) is 67.9 Å². The standard InChI is InChI=1S/C22H20N2O4S2/c1-3-12-24-21(26)19(30-22(24)29)13-15-4-8-18(9-5-15)28-14-20(25)23-16-6-10-17(27-2)11-7-16/h3-11,13H,1,12,14H2,2H3,(H,23,25)/b19-13-. The molecule has 8 heteroatoms. The van der Waals surface area contributed by atoms with Crippen molar-refractivity contribution in [3.63, 3.8) is 0 Å². The molecule has 1 heterocycles. The van der Waals surface area contributed by atoms with Crippen molar-refractivity contribution in [2.45, 2.75) is 0 Å². The summed E-state index contributed by atoms with van der Waals surface area (Å²) in [6.45, 7) is 3.92. The van der Waals surface area contributed by atoms with Crippen molar-refractivity contribution < 1.29 is 19.1 Å². The van der Waals surface area contributed by atoms with Gasteiger partial charge < -0.3 is 14.8 Å². The first-order chi connectivity index (χ1) is 14.5. The number of thiocarbonyl (C=S) groups is 1. The molecule has 0 aliphatic carbocycles. The maximum Gasteiger partial charge on any atom is 0.266 e. The number of nitrogens with zero attached hydrogens (tertiary/aromatic N) is 1. The van der Waals surface area contributed by atoms with Crippen LogP contribution in [0.15, 0.2) is 66.1 Å². The molecule has 154 valence electrons. The Bertz CT molecular complexity index is 985. The Morgan fingerprint density at radius 3 is 2.47 bits per heavy atom. The maximum absolute atomic E-state index is 12.4. The Balaban J connectivity index is 1.54. The second-order valence-electron chi connectivity index (χ2n) is 6.22. The van der Waals surface area contributed by atoms with Gasteiger partial charge >= 0.3 is 0 Å². The molecule has 0 unspecified atom stereocenters. The summed E-state index contributed by atoms with van der Waals surface area (Å²) >= 11 is 6.50. The Labute approximate surface area is 184 Å². The van der Waals surface area contributed by atoms with E-state index in [1.807, 2.05) is 12.1 Å². The quantitative estimate of drug-likeness (QED) is 0.379. The van der Waals surface area contributed by atoms with Crippen LogP contribution in [-0.4, -0.2) is 41.3 Å². The lowest BCUT2D eigenvalue weighted by Gasteiger charge is -2.10. The van der Waals surface area contributed by atoms with Crippen LogP contribution in [0, 0.1) is 0 Å². The molecule has 1 fully saturated rings. The summed E-state index contributed by atoms with van der Waals surface area (Å²) in [5, 5.41) is 2.75. The van der Waals surface area contributed by atoms with Gasteiger partial charge in [-0.25, -0.2) is 0 Å². The fourth-order valence-electron chi connectivity index (χ4n) is 2.62. The number of thioether (sulfide) groups is 1. The molecule has 2 aromatic rings. The van der Waals surface area contributed by atoms with Gasteiger partial charge in [0.15, 0.2) is 6.61 Å². The van der Waals surface area contributed by atoms with Crippen LogP contribution < -0.4 is 14.8 Å². The molecule has 0 radical (unpaired) electrons. The van der Waals surface area contributed by atoms with Crippen molar-refractivity contribution in [2.75, 3.05) is 25.6 Å². The van der Waals surface area contributed by atoms with Crippen molar-refractivity contribution in [3.8, 4) is 11.5 Å². The molecule has 6 nitrogen and oxygen atoms in total. The zero-order valence-electron chi connectivity index (χ0n) is 16.3. The highest BCUT2D eigenvalue weighted by Gasteiger charge is 2.30. The fourth-order valence-corrected chi connectivity index (χ4v) is 3.89. The van der Waals surface area contributed by atoms with E-state index in [1.165, 1.54) is 16.7 Å². The number of amides is 2. The minimum Gasteiger partial charge on any atom is -0.497 e. The van der Waals surface area contributed by atoms with Crippen LogP contribution in [0.5, 0.6) is 11.5 Å². The smallest absolute Gasteiger partial charge is 0.266 e. The third kappa shape index (κ3) is 5.49. The zero-order chi connectivity index (χ0) is 21.5. The number of hydrogen-bond donors (Lipinski definition) is 1. The molecule has 2 aromatic carbocycles. The molecule has 0 spiro atoms. The first-order valence-electron chi connectivity index (χ1n) is 9.03. The lowest BCUT2D eigenvalue weighted by atomic mass is 10.2. The largest absolute Gasteiger partial charge is 0.497 e. The molecule has 1 N–H and O–H groups in total. The van der Waals surface area contributed by atoms with Crippen molar-refractivity contribution >= 4 is 51.9 Å². The Hall–Kier alpha value is -3.10. The van der Waals surface area contributed by atoms with Gasteiger partial charge in [0.05, 0.1) is 12.0 Å². The highest BCUT2D eigenvalue weighted by atomic mass is 32.2. The highest BCUT2D eigenvalue weighted by Crippen LogP contribution is 2.32. The number of methoxy groups -OCH3 is 1. The number of rotatable bonds is 8. The summed E-state index contributed by atoms with van der Waals surface area (Å²) in [6, 6.07) is 14.2. The predicted octanol–water partition coefficient (Wildman–Crippen LogP) is 4.10. The van der Waals surface area contributed by atoms with Crippen molar-refractivity contribution in [1.82, 2.24) is 4.90 Å². The van der Waals surface area contributed by atoms with E-state index >= 15 is 0 Å². The van der Waals surface area contributed by atoms with Gasteiger partial charge in [0.2, 0.25) is 0 Å². The van der Waals surface area contributed by atoms with Crippen LogP contribution in [0.3, 0.4) is 0 Å². The molecule has 1 saturated heterocycles. The molecular weight excluding hydrogens is 420 g/mol. The van der Waals surface area contributed by atoms with Gasteiger partial charge in [0.1, 0.15) is 15.8 Å². The highest BCUT2D eigenvalue weighted by molar-refractivity contribution is 8.26. The molecule has 1 aliphatic rings. The summed E-state index contributed by atoms with van der Waals surface area (Å²) in [5.74, 6) is 0.874. The van der Waals surface area contributed by atoms with E-state index in [0.29, 0.717) is 33.0 Å². The number of hydrogen-bond acceptors (Lipinski definition) is 6. The van der Waals surface area contributed by atoms with E-state index in [1.54, 1.807) is 55.7 Å². The Morgan fingerprint density at radius 2 is 1.83 bits per heavy atom. The number of carbonyl (C=O) groups excluding carboxylic acids is 2. The van der Waals surface area contributed by atoms with Gasteiger partial charge in [0.25, 0.3) is 11.8 Å². The minimum absolute atomic E-state index is 0.119. The van der Waals surface area contributed by atoms with Crippen LogP contribution in [-0.2, 0) is 9.59 Å². The normalized spacial score (nSPS) is 14.7. The third-order valence-corrected chi connectivity index (χ3v) is 5.48. The number of nitrogens with one attached hydrogen (secondary N) is 1. The molecule has 0 bridgehead atoms. The van der Waals surface area contributed by atoms with Gasteiger partial charge in [-0.15, -0.1) is 6.58 Å². The third-order valence-electron chi connectivity index (χ3n) is 4.11. The lowest BCUT2D eigenvalue weighted by Crippen LogP contribution is -2.27. The van der Waals surface area contributed by atoms with E-state index in [0.717, 1.165) is 5.56 Å². The summed E-state index contributed by atoms with van der Waals surface area (Å²) in [7, 11) is 1.58. The molecule has 2 amide bonds. The van der Waals surface area contributed by atoms with Crippen molar-refractivity contribution in [1.29, 1.82) is 0 Å². The van der Waals surface area contributed by atoms with Gasteiger partial charge in [0, 0.05) is 12.2 Å². The molecule has 1 aliphatic heterocycles. The van der Waals surface area contributed by atoms with E-state index < -0.39 is 0 Å². The van der Waals surface area contributed by atoms with Crippen LogP contribution >= 0.6 is 24.0 Å². The van der Waals surface area contributed by atoms with Crippen LogP contribution in [0.1, 0.15) is 5.56 Å². The maximum atomic E-state index is 12.4. The molecular formula is C22H20N2O4S2.